The van der Waals surface area contributed by atoms with Gasteiger partial charge in [-0.2, -0.15) is 5.10 Å². The van der Waals surface area contributed by atoms with Gasteiger partial charge < -0.3 is 5.32 Å². The summed E-state index contributed by atoms with van der Waals surface area (Å²) in [5.74, 6) is 0.850. The molecule has 5 nitrogen and oxygen atoms in total. The molecule has 0 aliphatic heterocycles. The molecule has 0 radical (unpaired) electrons. The molecule has 5 heteroatoms. The summed E-state index contributed by atoms with van der Waals surface area (Å²) in [7, 11) is 0. The third-order valence-electron chi connectivity index (χ3n) is 4.73. The standard InChI is InChI=1S/C22H17N5/c1-2-4-20-19(3-1)17(11-15-7-9-23-10-8-15)13-24-22(20)26-18-6-5-16-14-25-27-21(16)12-18/h1-10,12-14H,11H2,(H,24,26)(H,25,27). The molecule has 3 heterocycles. The number of aromatic amines is 1. The van der Waals surface area contributed by atoms with Gasteiger partial charge in [-0.1, -0.05) is 24.3 Å². The van der Waals surface area contributed by atoms with Gasteiger partial charge in [0.1, 0.15) is 5.82 Å². The first-order valence-corrected chi connectivity index (χ1v) is 8.82. The van der Waals surface area contributed by atoms with Gasteiger partial charge >= 0.3 is 0 Å². The average molecular weight is 351 g/mol. The van der Waals surface area contributed by atoms with E-state index < -0.39 is 0 Å². The van der Waals surface area contributed by atoms with Gasteiger partial charge in [0, 0.05) is 35.1 Å². The van der Waals surface area contributed by atoms with Crippen molar-refractivity contribution in [1.82, 2.24) is 20.2 Å². The fourth-order valence-electron chi connectivity index (χ4n) is 3.36. The number of H-pyrrole nitrogens is 1. The SMILES string of the molecule is c1ccc2c(Nc3ccc4cn[nH]c4c3)ncc(Cc3ccncc3)c2c1. The number of fused-ring (bicyclic) bond motifs is 2. The maximum Gasteiger partial charge on any atom is 0.138 e. The molecule has 0 fully saturated rings. The van der Waals surface area contributed by atoms with Crippen LogP contribution in [0, 0.1) is 0 Å². The second kappa shape index (κ2) is 6.53. The molecule has 0 amide bonds. The zero-order chi connectivity index (χ0) is 18.1. The molecule has 0 aliphatic rings. The van der Waals surface area contributed by atoms with Crippen molar-refractivity contribution in [3.05, 3.63) is 90.5 Å². The highest BCUT2D eigenvalue weighted by molar-refractivity contribution is 5.96. The lowest BCUT2D eigenvalue weighted by Crippen LogP contribution is -1.98. The zero-order valence-corrected chi connectivity index (χ0v) is 14.6. The van der Waals surface area contributed by atoms with Crippen LogP contribution < -0.4 is 5.32 Å². The number of hydrogen-bond donors (Lipinski definition) is 2. The molecule has 0 saturated heterocycles. The normalized spacial score (nSPS) is 11.1. The van der Waals surface area contributed by atoms with Crippen molar-refractivity contribution < 1.29 is 0 Å². The van der Waals surface area contributed by atoms with Crippen molar-refractivity contribution in [2.45, 2.75) is 6.42 Å². The van der Waals surface area contributed by atoms with Crippen LogP contribution in [0.1, 0.15) is 11.1 Å². The first-order valence-electron chi connectivity index (χ1n) is 8.82. The van der Waals surface area contributed by atoms with Crippen LogP contribution in [0.25, 0.3) is 21.7 Å². The van der Waals surface area contributed by atoms with E-state index >= 15 is 0 Å². The van der Waals surface area contributed by atoms with Gasteiger partial charge in [-0.05, 0) is 53.3 Å². The first-order chi connectivity index (χ1) is 13.4. The van der Waals surface area contributed by atoms with Gasteiger partial charge in [0.15, 0.2) is 0 Å². The summed E-state index contributed by atoms with van der Waals surface area (Å²) in [4.78, 5) is 8.81. The Balaban J connectivity index is 1.54. The van der Waals surface area contributed by atoms with Crippen LogP contribution in [-0.2, 0) is 6.42 Å². The molecule has 2 aromatic carbocycles. The van der Waals surface area contributed by atoms with E-state index in [-0.39, 0.29) is 0 Å². The van der Waals surface area contributed by atoms with Crippen LogP contribution in [0.5, 0.6) is 0 Å². The van der Waals surface area contributed by atoms with Crippen LogP contribution in [0.3, 0.4) is 0 Å². The molecule has 3 aromatic heterocycles. The number of benzene rings is 2. The van der Waals surface area contributed by atoms with Crippen molar-refractivity contribution >= 4 is 33.2 Å². The predicted octanol–water partition coefficient (Wildman–Crippen LogP) is 4.84. The molecule has 0 aliphatic carbocycles. The quantitative estimate of drug-likeness (QED) is 0.486. The summed E-state index contributed by atoms with van der Waals surface area (Å²) >= 11 is 0. The lowest BCUT2D eigenvalue weighted by molar-refractivity contribution is 1.12. The monoisotopic (exact) mass is 351 g/mol. The number of aromatic nitrogens is 4. The number of nitrogens with zero attached hydrogens (tertiary/aromatic N) is 3. The summed E-state index contributed by atoms with van der Waals surface area (Å²) in [6, 6.07) is 18.6. The molecule has 0 atom stereocenters. The van der Waals surface area contributed by atoms with Crippen LogP contribution >= 0.6 is 0 Å². The molecule has 27 heavy (non-hydrogen) atoms. The second-order valence-corrected chi connectivity index (χ2v) is 6.51. The van der Waals surface area contributed by atoms with Gasteiger partial charge in [0.25, 0.3) is 0 Å². The Morgan fingerprint density at radius 1 is 0.889 bits per heavy atom. The maximum atomic E-state index is 4.71. The van der Waals surface area contributed by atoms with Gasteiger partial charge in [-0.15, -0.1) is 0 Å². The van der Waals surface area contributed by atoms with Crippen molar-refractivity contribution in [3.63, 3.8) is 0 Å². The molecule has 2 N–H and O–H groups in total. The maximum absolute atomic E-state index is 4.71. The minimum absolute atomic E-state index is 0.830. The molecule has 5 aromatic rings. The van der Waals surface area contributed by atoms with E-state index in [2.05, 4.69) is 38.7 Å². The third-order valence-corrected chi connectivity index (χ3v) is 4.73. The molecule has 0 saturated carbocycles. The summed E-state index contributed by atoms with van der Waals surface area (Å²) in [6.07, 6.45) is 8.26. The lowest BCUT2D eigenvalue weighted by atomic mass is 10.0. The highest BCUT2D eigenvalue weighted by atomic mass is 15.1. The zero-order valence-electron chi connectivity index (χ0n) is 14.6. The fraction of sp³-hybridized carbons (Fsp3) is 0.0455. The van der Waals surface area contributed by atoms with E-state index in [4.69, 9.17) is 4.98 Å². The number of rotatable bonds is 4. The topological polar surface area (TPSA) is 66.5 Å². The van der Waals surface area contributed by atoms with Gasteiger partial charge in [0.05, 0.1) is 11.7 Å². The summed E-state index contributed by atoms with van der Waals surface area (Å²) in [5.41, 5.74) is 4.40. The lowest BCUT2D eigenvalue weighted by Gasteiger charge is -2.12. The third kappa shape index (κ3) is 3.00. The number of pyridine rings is 2. The highest BCUT2D eigenvalue weighted by Crippen LogP contribution is 2.29. The molecular weight excluding hydrogens is 334 g/mol. The van der Waals surface area contributed by atoms with Crippen molar-refractivity contribution in [2.24, 2.45) is 0 Å². The minimum atomic E-state index is 0.830. The smallest absolute Gasteiger partial charge is 0.138 e. The van der Waals surface area contributed by atoms with Gasteiger partial charge in [0.2, 0.25) is 0 Å². The Hall–Kier alpha value is -3.73. The van der Waals surface area contributed by atoms with Crippen LogP contribution in [-0.4, -0.2) is 20.2 Å². The summed E-state index contributed by atoms with van der Waals surface area (Å²) in [6.45, 7) is 0. The molecule has 0 bridgehead atoms. The first kappa shape index (κ1) is 15.5. The molecule has 0 unspecified atom stereocenters. The Labute approximate surface area is 156 Å². The minimum Gasteiger partial charge on any atom is -0.340 e. The highest BCUT2D eigenvalue weighted by Gasteiger charge is 2.09. The fourth-order valence-corrected chi connectivity index (χ4v) is 3.36. The Morgan fingerprint density at radius 2 is 1.74 bits per heavy atom. The van der Waals surface area contributed by atoms with E-state index in [0.29, 0.717) is 0 Å². The Kier molecular flexibility index (Phi) is 3.76. The Bertz CT molecular complexity index is 1230. The Morgan fingerprint density at radius 3 is 2.63 bits per heavy atom. The molecule has 0 spiro atoms. The van der Waals surface area contributed by atoms with E-state index in [0.717, 1.165) is 34.2 Å². The summed E-state index contributed by atoms with van der Waals surface area (Å²) < 4.78 is 0. The van der Waals surface area contributed by atoms with Crippen LogP contribution in [0.2, 0.25) is 0 Å². The van der Waals surface area contributed by atoms with Crippen LogP contribution in [0.15, 0.2) is 79.4 Å². The largest absolute Gasteiger partial charge is 0.340 e. The molecule has 5 rings (SSSR count). The average Bonchev–Trinajstić information content (AvgIpc) is 3.18. The number of hydrogen-bond acceptors (Lipinski definition) is 4. The van der Waals surface area contributed by atoms with E-state index in [9.17, 15) is 0 Å². The van der Waals surface area contributed by atoms with E-state index in [1.54, 1.807) is 0 Å². The van der Waals surface area contributed by atoms with Gasteiger partial charge in [-0.25, -0.2) is 4.98 Å². The second-order valence-electron chi connectivity index (χ2n) is 6.51. The summed E-state index contributed by atoms with van der Waals surface area (Å²) in [5, 5.41) is 13.9. The molecule has 130 valence electrons. The van der Waals surface area contributed by atoms with E-state index in [1.807, 2.05) is 61.2 Å². The predicted molar refractivity (Wildman–Crippen MR) is 108 cm³/mol. The number of nitrogens with one attached hydrogen (secondary N) is 2. The van der Waals surface area contributed by atoms with Crippen molar-refractivity contribution in [1.29, 1.82) is 0 Å². The van der Waals surface area contributed by atoms with Crippen LogP contribution in [0.4, 0.5) is 11.5 Å². The van der Waals surface area contributed by atoms with Crippen molar-refractivity contribution in [3.8, 4) is 0 Å². The van der Waals surface area contributed by atoms with Gasteiger partial charge in [-0.3, -0.25) is 10.1 Å². The van der Waals surface area contributed by atoms with E-state index in [1.165, 1.54) is 16.5 Å². The molecular formula is C22H17N5. The number of anilines is 2. The van der Waals surface area contributed by atoms with Crippen molar-refractivity contribution in [2.75, 3.05) is 5.32 Å².